The standard InChI is InChI=1S/C20H32N2O3/c1-6-13-22(7-2)15-18(23)17(14-16-11-9-8-10-12-16)21-19(24)25-20(3,4)5/h6,8-12,17-18,23H,1,7,13-15H2,2-5H3,(H,21,24)/t17-,18+/m0/s1. The molecule has 5 heteroatoms. The van der Waals surface area contributed by atoms with Gasteiger partial charge in [-0.15, -0.1) is 6.58 Å². The minimum absolute atomic E-state index is 0.434. The van der Waals surface area contributed by atoms with Crippen molar-refractivity contribution in [1.29, 1.82) is 0 Å². The van der Waals surface area contributed by atoms with E-state index in [0.717, 1.165) is 12.1 Å². The first kappa shape index (κ1) is 21.2. The van der Waals surface area contributed by atoms with Crippen LogP contribution in [-0.2, 0) is 11.2 Å². The second-order valence-corrected chi connectivity index (χ2v) is 7.15. The fraction of sp³-hybridized carbons (Fsp3) is 0.550. The fourth-order valence-electron chi connectivity index (χ4n) is 2.52. The van der Waals surface area contributed by atoms with E-state index in [-0.39, 0.29) is 0 Å². The van der Waals surface area contributed by atoms with Crippen LogP contribution in [0.5, 0.6) is 0 Å². The van der Waals surface area contributed by atoms with E-state index in [1.165, 1.54) is 0 Å². The van der Waals surface area contributed by atoms with E-state index in [1.54, 1.807) is 0 Å². The van der Waals surface area contributed by atoms with Crippen molar-refractivity contribution in [1.82, 2.24) is 10.2 Å². The van der Waals surface area contributed by atoms with Crippen molar-refractivity contribution in [3.63, 3.8) is 0 Å². The molecule has 0 spiro atoms. The van der Waals surface area contributed by atoms with Crippen molar-refractivity contribution in [3.8, 4) is 0 Å². The number of hydrogen-bond donors (Lipinski definition) is 2. The summed E-state index contributed by atoms with van der Waals surface area (Å²) in [5.74, 6) is 0. The average molecular weight is 348 g/mol. The van der Waals surface area contributed by atoms with E-state index < -0.39 is 23.8 Å². The van der Waals surface area contributed by atoms with Gasteiger partial charge in [-0.25, -0.2) is 4.79 Å². The molecule has 2 N–H and O–H groups in total. The number of carbonyl (C=O) groups is 1. The zero-order valence-electron chi connectivity index (χ0n) is 15.9. The molecule has 2 atom stereocenters. The SMILES string of the molecule is C=CCN(CC)C[C@@H](O)[C@H](Cc1ccccc1)NC(=O)OC(C)(C)C. The maximum atomic E-state index is 12.2. The molecule has 0 aromatic heterocycles. The molecule has 0 heterocycles. The molecule has 0 aliphatic heterocycles. The Morgan fingerprint density at radius 3 is 2.52 bits per heavy atom. The first-order valence-electron chi connectivity index (χ1n) is 8.80. The number of aliphatic hydroxyl groups excluding tert-OH is 1. The van der Waals surface area contributed by atoms with Crippen LogP contribution in [0.2, 0.25) is 0 Å². The van der Waals surface area contributed by atoms with Crippen molar-refractivity contribution in [2.45, 2.75) is 51.9 Å². The van der Waals surface area contributed by atoms with E-state index in [4.69, 9.17) is 4.74 Å². The summed E-state index contributed by atoms with van der Waals surface area (Å²) in [6.45, 7) is 13.2. The van der Waals surface area contributed by atoms with Gasteiger partial charge < -0.3 is 15.2 Å². The zero-order chi connectivity index (χ0) is 18.9. The summed E-state index contributed by atoms with van der Waals surface area (Å²) < 4.78 is 5.34. The summed E-state index contributed by atoms with van der Waals surface area (Å²) >= 11 is 0. The lowest BCUT2D eigenvalue weighted by Gasteiger charge is -2.30. The number of likely N-dealkylation sites (N-methyl/N-ethyl adjacent to an activating group) is 1. The van der Waals surface area contributed by atoms with Gasteiger partial charge in [-0.05, 0) is 39.3 Å². The lowest BCUT2D eigenvalue weighted by molar-refractivity contribution is 0.0375. The number of benzene rings is 1. The van der Waals surface area contributed by atoms with E-state index >= 15 is 0 Å². The second kappa shape index (κ2) is 10.2. The molecule has 0 aliphatic carbocycles. The second-order valence-electron chi connectivity index (χ2n) is 7.15. The van der Waals surface area contributed by atoms with Gasteiger partial charge in [0.15, 0.2) is 0 Å². The Bertz CT molecular complexity index is 525. The van der Waals surface area contributed by atoms with Gasteiger partial charge in [0.25, 0.3) is 0 Å². The highest BCUT2D eigenvalue weighted by Gasteiger charge is 2.26. The van der Waals surface area contributed by atoms with Gasteiger partial charge in [0.1, 0.15) is 5.60 Å². The largest absolute Gasteiger partial charge is 0.444 e. The first-order chi connectivity index (χ1) is 11.7. The molecule has 1 aromatic rings. The van der Waals surface area contributed by atoms with Gasteiger partial charge in [-0.3, -0.25) is 4.90 Å². The smallest absolute Gasteiger partial charge is 0.407 e. The third-order valence-electron chi connectivity index (χ3n) is 3.74. The van der Waals surface area contributed by atoms with Crippen LogP contribution in [0.25, 0.3) is 0 Å². The number of aliphatic hydroxyl groups is 1. The van der Waals surface area contributed by atoms with E-state index in [0.29, 0.717) is 19.5 Å². The number of nitrogens with zero attached hydrogens (tertiary/aromatic N) is 1. The lowest BCUT2D eigenvalue weighted by Crippen LogP contribution is -2.50. The Balaban J connectivity index is 2.82. The topological polar surface area (TPSA) is 61.8 Å². The molecule has 0 unspecified atom stereocenters. The molecule has 0 radical (unpaired) electrons. The molecule has 0 aliphatic rings. The van der Waals surface area contributed by atoms with Crippen LogP contribution in [-0.4, -0.2) is 53.5 Å². The number of hydrogen-bond acceptors (Lipinski definition) is 4. The van der Waals surface area contributed by atoms with Crippen LogP contribution in [0.4, 0.5) is 4.79 Å². The van der Waals surface area contributed by atoms with Crippen LogP contribution < -0.4 is 5.32 Å². The molecule has 25 heavy (non-hydrogen) atoms. The fourth-order valence-corrected chi connectivity index (χ4v) is 2.52. The summed E-state index contributed by atoms with van der Waals surface area (Å²) in [6, 6.07) is 9.37. The van der Waals surface area contributed by atoms with Crippen LogP contribution >= 0.6 is 0 Å². The molecule has 0 saturated carbocycles. The highest BCUT2D eigenvalue weighted by Crippen LogP contribution is 2.11. The van der Waals surface area contributed by atoms with Gasteiger partial charge >= 0.3 is 6.09 Å². The average Bonchev–Trinajstić information content (AvgIpc) is 2.53. The molecule has 0 saturated heterocycles. The van der Waals surface area contributed by atoms with E-state index in [1.807, 2.05) is 64.1 Å². The molecule has 5 nitrogen and oxygen atoms in total. The predicted octanol–water partition coefficient (Wildman–Crippen LogP) is 2.99. The van der Waals surface area contributed by atoms with Gasteiger partial charge in [-0.2, -0.15) is 0 Å². The Kier molecular flexibility index (Phi) is 8.66. The molecule has 0 bridgehead atoms. The predicted molar refractivity (Wildman–Crippen MR) is 102 cm³/mol. The van der Waals surface area contributed by atoms with Gasteiger partial charge in [0.2, 0.25) is 0 Å². The lowest BCUT2D eigenvalue weighted by atomic mass is 10.0. The van der Waals surface area contributed by atoms with E-state index in [2.05, 4.69) is 16.8 Å². The van der Waals surface area contributed by atoms with Crippen LogP contribution in [0.3, 0.4) is 0 Å². The van der Waals surface area contributed by atoms with Gasteiger partial charge in [0, 0.05) is 13.1 Å². The van der Waals surface area contributed by atoms with Crippen molar-refractivity contribution < 1.29 is 14.6 Å². The third kappa shape index (κ3) is 8.70. The van der Waals surface area contributed by atoms with Crippen molar-refractivity contribution >= 4 is 6.09 Å². The molecule has 1 amide bonds. The number of carbonyl (C=O) groups excluding carboxylic acids is 1. The molecular formula is C20H32N2O3. The van der Waals surface area contributed by atoms with Crippen LogP contribution in [0, 0.1) is 0 Å². The normalized spacial score (nSPS) is 14.0. The minimum atomic E-state index is -0.715. The Labute approximate surface area is 151 Å². The highest BCUT2D eigenvalue weighted by atomic mass is 16.6. The summed E-state index contributed by atoms with van der Waals surface area (Å²) in [5, 5.41) is 13.5. The monoisotopic (exact) mass is 348 g/mol. The number of nitrogens with one attached hydrogen (secondary N) is 1. The number of alkyl carbamates (subject to hydrolysis) is 1. The van der Waals surface area contributed by atoms with Crippen LogP contribution in [0.15, 0.2) is 43.0 Å². The highest BCUT2D eigenvalue weighted by molar-refractivity contribution is 5.68. The molecule has 0 fully saturated rings. The summed E-state index contributed by atoms with van der Waals surface area (Å²) in [5.41, 5.74) is 0.472. The van der Waals surface area contributed by atoms with Crippen molar-refractivity contribution in [3.05, 3.63) is 48.6 Å². The summed E-state index contributed by atoms with van der Waals surface area (Å²) in [6.07, 6.45) is 1.11. The zero-order valence-corrected chi connectivity index (χ0v) is 15.9. The Morgan fingerprint density at radius 1 is 1.36 bits per heavy atom. The number of ether oxygens (including phenoxy) is 1. The summed E-state index contributed by atoms with van der Waals surface area (Å²) in [7, 11) is 0. The third-order valence-corrected chi connectivity index (χ3v) is 3.74. The molecular weight excluding hydrogens is 316 g/mol. The van der Waals surface area contributed by atoms with Gasteiger partial charge in [0.05, 0.1) is 12.1 Å². The maximum absolute atomic E-state index is 12.2. The molecule has 1 aromatic carbocycles. The first-order valence-corrected chi connectivity index (χ1v) is 8.80. The van der Waals surface area contributed by atoms with Crippen LogP contribution in [0.1, 0.15) is 33.3 Å². The quantitative estimate of drug-likeness (QED) is 0.674. The Morgan fingerprint density at radius 2 is 2.00 bits per heavy atom. The molecule has 1 rings (SSSR count). The van der Waals surface area contributed by atoms with Gasteiger partial charge in [-0.1, -0.05) is 43.3 Å². The number of rotatable bonds is 9. The van der Waals surface area contributed by atoms with Crippen molar-refractivity contribution in [2.75, 3.05) is 19.6 Å². The summed E-state index contributed by atoms with van der Waals surface area (Å²) in [4.78, 5) is 14.2. The number of amides is 1. The minimum Gasteiger partial charge on any atom is -0.444 e. The maximum Gasteiger partial charge on any atom is 0.407 e. The van der Waals surface area contributed by atoms with Crippen molar-refractivity contribution in [2.24, 2.45) is 0 Å². The Hall–Kier alpha value is -1.85. The molecule has 140 valence electrons. The van der Waals surface area contributed by atoms with E-state index in [9.17, 15) is 9.90 Å².